The summed E-state index contributed by atoms with van der Waals surface area (Å²) in [5.41, 5.74) is 1.35. The number of aromatic amines is 1. The van der Waals surface area contributed by atoms with E-state index in [4.69, 9.17) is 4.74 Å². The molecule has 0 bridgehead atoms. The van der Waals surface area contributed by atoms with Gasteiger partial charge in [0, 0.05) is 5.69 Å². The van der Waals surface area contributed by atoms with Crippen LogP contribution in [-0.4, -0.2) is 17.6 Å². The summed E-state index contributed by atoms with van der Waals surface area (Å²) < 4.78 is 4.99. The third-order valence-electron chi connectivity index (χ3n) is 2.45. The van der Waals surface area contributed by atoms with Crippen molar-refractivity contribution in [3.05, 3.63) is 33.2 Å². The third-order valence-corrected chi connectivity index (χ3v) is 2.45. The standard InChI is InChI=1S/C12H17NO3/c1-4-5-6-16-12(15)10-7-8(2)9(3)13-11(10)14/h7H,4-6H2,1-3H3,(H,13,14). The largest absolute Gasteiger partial charge is 0.462 e. The van der Waals surface area contributed by atoms with Crippen LogP contribution in [0, 0.1) is 13.8 Å². The van der Waals surface area contributed by atoms with E-state index in [-0.39, 0.29) is 11.1 Å². The van der Waals surface area contributed by atoms with Crippen LogP contribution in [0.2, 0.25) is 0 Å². The Balaban J connectivity index is 2.84. The number of carbonyl (C=O) groups excluding carboxylic acids is 1. The molecule has 88 valence electrons. The Labute approximate surface area is 94.6 Å². The monoisotopic (exact) mass is 223 g/mol. The van der Waals surface area contributed by atoms with Gasteiger partial charge in [-0.25, -0.2) is 4.79 Å². The quantitative estimate of drug-likeness (QED) is 0.627. The summed E-state index contributed by atoms with van der Waals surface area (Å²) in [6, 6.07) is 1.57. The molecule has 4 nitrogen and oxygen atoms in total. The number of aromatic nitrogens is 1. The predicted octanol–water partition coefficient (Wildman–Crippen LogP) is 1.95. The highest BCUT2D eigenvalue weighted by Gasteiger charge is 2.12. The van der Waals surface area contributed by atoms with Crippen molar-refractivity contribution in [2.24, 2.45) is 0 Å². The lowest BCUT2D eigenvalue weighted by molar-refractivity contribution is 0.0497. The molecule has 0 unspecified atom stereocenters. The van der Waals surface area contributed by atoms with Crippen molar-refractivity contribution in [1.82, 2.24) is 4.98 Å². The first kappa shape index (κ1) is 12.5. The summed E-state index contributed by atoms with van der Waals surface area (Å²) in [5.74, 6) is -0.544. The smallest absolute Gasteiger partial charge is 0.343 e. The zero-order valence-electron chi connectivity index (χ0n) is 9.92. The SMILES string of the molecule is CCCCOC(=O)c1cc(C)c(C)[nH]c1=O. The van der Waals surface area contributed by atoms with Crippen molar-refractivity contribution >= 4 is 5.97 Å². The van der Waals surface area contributed by atoms with Crippen LogP contribution in [0.5, 0.6) is 0 Å². The molecule has 0 spiro atoms. The topological polar surface area (TPSA) is 59.2 Å². The molecule has 16 heavy (non-hydrogen) atoms. The number of esters is 1. The Morgan fingerprint density at radius 3 is 2.75 bits per heavy atom. The molecule has 1 N–H and O–H groups in total. The number of hydrogen-bond acceptors (Lipinski definition) is 3. The Morgan fingerprint density at radius 1 is 1.44 bits per heavy atom. The van der Waals surface area contributed by atoms with E-state index in [1.807, 2.05) is 13.8 Å². The highest BCUT2D eigenvalue weighted by Crippen LogP contribution is 2.04. The Hall–Kier alpha value is -1.58. The maximum atomic E-state index is 11.6. The Kier molecular flexibility index (Phi) is 4.28. The Bertz CT molecular complexity index is 434. The number of ether oxygens (including phenoxy) is 1. The lowest BCUT2D eigenvalue weighted by Crippen LogP contribution is -2.21. The van der Waals surface area contributed by atoms with Gasteiger partial charge in [-0.2, -0.15) is 0 Å². The fraction of sp³-hybridized carbons (Fsp3) is 0.500. The predicted molar refractivity (Wildman–Crippen MR) is 61.7 cm³/mol. The van der Waals surface area contributed by atoms with Crippen LogP contribution in [0.4, 0.5) is 0 Å². The molecule has 0 atom stereocenters. The van der Waals surface area contributed by atoms with Crippen LogP contribution in [0.1, 0.15) is 41.4 Å². The lowest BCUT2D eigenvalue weighted by Gasteiger charge is -2.05. The van der Waals surface area contributed by atoms with Crippen molar-refractivity contribution in [1.29, 1.82) is 0 Å². The van der Waals surface area contributed by atoms with Crippen LogP contribution < -0.4 is 5.56 Å². The molecule has 0 aliphatic rings. The molecule has 4 heteroatoms. The zero-order valence-corrected chi connectivity index (χ0v) is 9.92. The first-order valence-corrected chi connectivity index (χ1v) is 5.44. The van der Waals surface area contributed by atoms with Gasteiger partial charge in [0.2, 0.25) is 0 Å². The second-order valence-electron chi connectivity index (χ2n) is 3.81. The van der Waals surface area contributed by atoms with Crippen LogP contribution in [-0.2, 0) is 4.74 Å². The minimum Gasteiger partial charge on any atom is -0.462 e. The number of pyridine rings is 1. The first-order valence-electron chi connectivity index (χ1n) is 5.44. The number of rotatable bonds is 4. The molecule has 1 rings (SSSR count). The second kappa shape index (κ2) is 5.49. The van der Waals surface area contributed by atoms with Crippen molar-refractivity contribution in [3.8, 4) is 0 Å². The molecule has 0 saturated heterocycles. The van der Waals surface area contributed by atoms with Crippen LogP contribution >= 0.6 is 0 Å². The molecule has 0 aromatic carbocycles. The minimum atomic E-state index is -0.544. The molecule has 0 amide bonds. The number of carbonyl (C=O) groups is 1. The second-order valence-corrected chi connectivity index (χ2v) is 3.81. The maximum Gasteiger partial charge on any atom is 0.343 e. The Morgan fingerprint density at radius 2 is 2.12 bits per heavy atom. The average molecular weight is 223 g/mol. The molecular weight excluding hydrogens is 206 g/mol. The van der Waals surface area contributed by atoms with Crippen LogP contribution in [0.3, 0.4) is 0 Å². The first-order chi connectivity index (χ1) is 7.56. The molecular formula is C12H17NO3. The van der Waals surface area contributed by atoms with Crippen molar-refractivity contribution < 1.29 is 9.53 Å². The van der Waals surface area contributed by atoms with Crippen molar-refractivity contribution in [3.63, 3.8) is 0 Å². The van der Waals surface area contributed by atoms with Crippen LogP contribution in [0.15, 0.2) is 10.9 Å². The minimum absolute atomic E-state index is 0.0826. The fourth-order valence-electron chi connectivity index (χ4n) is 1.27. The summed E-state index contributed by atoms with van der Waals surface area (Å²) in [6.45, 7) is 6.01. The molecule has 1 aromatic rings. The summed E-state index contributed by atoms with van der Waals surface area (Å²) in [6.07, 6.45) is 1.77. The summed E-state index contributed by atoms with van der Waals surface area (Å²) >= 11 is 0. The summed E-state index contributed by atoms with van der Waals surface area (Å²) in [7, 11) is 0. The van der Waals surface area contributed by atoms with E-state index < -0.39 is 5.97 Å². The molecule has 0 fully saturated rings. The summed E-state index contributed by atoms with van der Waals surface area (Å²) in [4.78, 5) is 25.7. The summed E-state index contributed by atoms with van der Waals surface area (Å²) in [5, 5.41) is 0. The van der Waals surface area contributed by atoms with Gasteiger partial charge in [0.05, 0.1) is 6.61 Å². The lowest BCUT2D eigenvalue weighted by atomic mass is 10.1. The van der Waals surface area contributed by atoms with Gasteiger partial charge >= 0.3 is 5.97 Å². The highest BCUT2D eigenvalue weighted by molar-refractivity contribution is 5.89. The third kappa shape index (κ3) is 2.95. The number of H-pyrrole nitrogens is 1. The molecule has 0 aliphatic carbocycles. The normalized spacial score (nSPS) is 10.2. The number of aryl methyl sites for hydroxylation is 2. The fourth-order valence-corrected chi connectivity index (χ4v) is 1.27. The van der Waals surface area contributed by atoms with E-state index in [1.54, 1.807) is 13.0 Å². The maximum absolute atomic E-state index is 11.6. The van der Waals surface area contributed by atoms with Crippen LogP contribution in [0.25, 0.3) is 0 Å². The number of nitrogens with one attached hydrogen (secondary N) is 1. The van der Waals surface area contributed by atoms with Crippen molar-refractivity contribution in [2.75, 3.05) is 6.61 Å². The van der Waals surface area contributed by atoms with E-state index in [2.05, 4.69) is 4.98 Å². The van der Waals surface area contributed by atoms with Gasteiger partial charge in [-0.1, -0.05) is 13.3 Å². The van der Waals surface area contributed by atoms with Gasteiger partial charge in [0.15, 0.2) is 0 Å². The molecule has 0 aliphatic heterocycles. The van der Waals surface area contributed by atoms with Gasteiger partial charge in [0.1, 0.15) is 5.56 Å². The van der Waals surface area contributed by atoms with Gasteiger partial charge < -0.3 is 9.72 Å². The van der Waals surface area contributed by atoms with Crippen molar-refractivity contribution in [2.45, 2.75) is 33.6 Å². The molecule has 1 heterocycles. The van der Waals surface area contributed by atoms with E-state index in [9.17, 15) is 9.59 Å². The van der Waals surface area contributed by atoms with E-state index in [1.165, 1.54) is 0 Å². The molecule has 0 saturated carbocycles. The van der Waals surface area contributed by atoms with E-state index in [0.29, 0.717) is 6.61 Å². The zero-order chi connectivity index (χ0) is 12.1. The molecule has 1 aromatic heterocycles. The van der Waals surface area contributed by atoms with Gasteiger partial charge in [-0.3, -0.25) is 4.79 Å². The highest BCUT2D eigenvalue weighted by atomic mass is 16.5. The van der Waals surface area contributed by atoms with E-state index in [0.717, 1.165) is 24.1 Å². The van der Waals surface area contributed by atoms with Gasteiger partial charge in [-0.15, -0.1) is 0 Å². The van der Waals surface area contributed by atoms with Gasteiger partial charge in [-0.05, 0) is 31.9 Å². The van der Waals surface area contributed by atoms with Gasteiger partial charge in [0.25, 0.3) is 5.56 Å². The number of unbranched alkanes of at least 4 members (excludes halogenated alkanes) is 1. The van der Waals surface area contributed by atoms with E-state index >= 15 is 0 Å². The molecule has 0 radical (unpaired) electrons. The average Bonchev–Trinajstić information content (AvgIpc) is 2.23. The number of hydrogen-bond donors (Lipinski definition) is 1.